The van der Waals surface area contributed by atoms with Gasteiger partial charge in [0.15, 0.2) is 0 Å². The molecule has 1 aromatic rings. The first-order valence-corrected chi connectivity index (χ1v) is 4.89. The van der Waals surface area contributed by atoms with Gasteiger partial charge in [-0.1, -0.05) is 12.1 Å². The topological polar surface area (TPSA) is 78.8 Å². The molecule has 1 aromatic carbocycles. The number of phenols is 1. The Hall–Kier alpha value is -1.59. The lowest BCUT2D eigenvalue weighted by molar-refractivity contribution is -0.139. The van der Waals surface area contributed by atoms with Crippen LogP contribution in [0.4, 0.5) is 0 Å². The molecule has 16 heavy (non-hydrogen) atoms. The van der Waals surface area contributed by atoms with Gasteiger partial charge in [-0.25, -0.2) is 0 Å². The Morgan fingerprint density at radius 3 is 2.56 bits per heavy atom. The summed E-state index contributed by atoms with van der Waals surface area (Å²) in [5.41, 5.74) is 0.599. The maximum atomic E-state index is 11.0. The van der Waals surface area contributed by atoms with Crippen molar-refractivity contribution in [3.63, 3.8) is 0 Å². The van der Waals surface area contributed by atoms with E-state index in [2.05, 4.69) is 5.32 Å². The fourth-order valence-corrected chi connectivity index (χ4v) is 1.32. The third-order valence-electron chi connectivity index (χ3n) is 2.13. The van der Waals surface area contributed by atoms with Crippen LogP contribution in [0.25, 0.3) is 0 Å². The molecule has 5 nitrogen and oxygen atoms in total. The van der Waals surface area contributed by atoms with Crippen LogP contribution in [0.2, 0.25) is 0 Å². The molecule has 1 unspecified atom stereocenters. The van der Waals surface area contributed by atoms with Crippen LogP contribution in [0.5, 0.6) is 5.75 Å². The molecule has 0 heterocycles. The van der Waals surface area contributed by atoms with Crippen molar-refractivity contribution >= 4 is 5.97 Å². The molecule has 0 fully saturated rings. The summed E-state index contributed by atoms with van der Waals surface area (Å²) < 4.78 is 4.83. The summed E-state index contributed by atoms with van der Waals surface area (Å²) in [6.07, 6.45) is 0. The van der Waals surface area contributed by atoms with Gasteiger partial charge in [0, 0.05) is 13.7 Å². The lowest BCUT2D eigenvalue weighted by Gasteiger charge is -2.14. The van der Waals surface area contributed by atoms with Crippen molar-refractivity contribution in [2.45, 2.75) is 6.04 Å². The molecule has 0 amide bonds. The van der Waals surface area contributed by atoms with E-state index in [4.69, 9.17) is 14.9 Å². The number of hydrogen-bond acceptors (Lipinski definition) is 4. The second-order valence-corrected chi connectivity index (χ2v) is 3.31. The molecular formula is C11H15NO4. The predicted molar refractivity (Wildman–Crippen MR) is 58.4 cm³/mol. The fourth-order valence-electron chi connectivity index (χ4n) is 1.32. The highest BCUT2D eigenvalue weighted by Crippen LogP contribution is 2.16. The normalized spacial score (nSPS) is 12.3. The molecule has 0 bridgehead atoms. The molecule has 0 spiro atoms. The van der Waals surface area contributed by atoms with E-state index in [0.29, 0.717) is 18.7 Å². The Balaban J connectivity index is 2.69. The van der Waals surface area contributed by atoms with Crippen molar-refractivity contribution in [1.82, 2.24) is 5.32 Å². The molecule has 0 aliphatic carbocycles. The number of hydrogen-bond donors (Lipinski definition) is 3. The van der Waals surface area contributed by atoms with Crippen molar-refractivity contribution < 1.29 is 19.7 Å². The van der Waals surface area contributed by atoms with Crippen molar-refractivity contribution in [2.24, 2.45) is 0 Å². The summed E-state index contributed by atoms with van der Waals surface area (Å²) in [4.78, 5) is 11.0. The van der Waals surface area contributed by atoms with Crippen molar-refractivity contribution in [3.05, 3.63) is 29.8 Å². The van der Waals surface area contributed by atoms with E-state index in [1.165, 1.54) is 12.1 Å². The smallest absolute Gasteiger partial charge is 0.325 e. The van der Waals surface area contributed by atoms with E-state index in [0.717, 1.165) is 0 Å². The van der Waals surface area contributed by atoms with Crippen molar-refractivity contribution in [2.75, 3.05) is 20.3 Å². The molecule has 3 N–H and O–H groups in total. The quantitative estimate of drug-likeness (QED) is 0.623. The zero-order valence-corrected chi connectivity index (χ0v) is 9.01. The maximum Gasteiger partial charge on any atom is 0.325 e. The minimum atomic E-state index is -0.957. The highest BCUT2D eigenvalue weighted by atomic mass is 16.5. The monoisotopic (exact) mass is 225 g/mol. The number of phenolic OH excluding ortho intramolecular Hbond substituents is 1. The molecular weight excluding hydrogens is 210 g/mol. The van der Waals surface area contributed by atoms with Gasteiger partial charge in [0.1, 0.15) is 11.8 Å². The second kappa shape index (κ2) is 6.09. The molecule has 5 heteroatoms. The van der Waals surface area contributed by atoms with Crippen molar-refractivity contribution in [1.29, 1.82) is 0 Å². The number of carboxylic acids is 1. The highest BCUT2D eigenvalue weighted by Gasteiger charge is 2.18. The molecule has 0 radical (unpaired) electrons. The van der Waals surface area contributed by atoms with Gasteiger partial charge in [0.05, 0.1) is 6.61 Å². The Morgan fingerprint density at radius 2 is 2.06 bits per heavy atom. The summed E-state index contributed by atoms with van der Waals surface area (Å²) in [5, 5.41) is 21.0. The Kier molecular flexibility index (Phi) is 4.75. The van der Waals surface area contributed by atoms with Crippen LogP contribution in [0, 0.1) is 0 Å². The summed E-state index contributed by atoms with van der Waals surface area (Å²) >= 11 is 0. The molecule has 0 aliphatic heterocycles. The number of carbonyl (C=O) groups is 1. The fraction of sp³-hybridized carbons (Fsp3) is 0.364. The standard InChI is InChI=1S/C11H15NO4/c1-16-7-6-12-10(11(14)15)8-2-4-9(13)5-3-8/h2-5,10,12-13H,6-7H2,1H3,(H,14,15). The molecule has 88 valence electrons. The lowest BCUT2D eigenvalue weighted by Crippen LogP contribution is -2.30. The molecule has 0 aliphatic rings. The number of nitrogens with one attached hydrogen (secondary N) is 1. The maximum absolute atomic E-state index is 11.0. The van der Waals surface area contributed by atoms with E-state index < -0.39 is 12.0 Å². The summed E-state index contributed by atoms with van der Waals surface area (Å²) in [6.45, 7) is 0.899. The van der Waals surface area contributed by atoms with Gasteiger partial charge in [-0.05, 0) is 17.7 Å². The van der Waals surface area contributed by atoms with Crippen LogP contribution in [0.15, 0.2) is 24.3 Å². The van der Waals surface area contributed by atoms with E-state index >= 15 is 0 Å². The molecule has 0 aromatic heterocycles. The number of ether oxygens (including phenoxy) is 1. The molecule has 1 rings (SSSR count). The largest absolute Gasteiger partial charge is 0.508 e. The van der Waals surface area contributed by atoms with Gasteiger partial charge < -0.3 is 14.9 Å². The van der Waals surface area contributed by atoms with Gasteiger partial charge in [0.2, 0.25) is 0 Å². The second-order valence-electron chi connectivity index (χ2n) is 3.31. The summed E-state index contributed by atoms with van der Waals surface area (Å²) in [5.74, 6) is -0.841. The summed E-state index contributed by atoms with van der Waals surface area (Å²) in [7, 11) is 1.55. The van der Waals surface area contributed by atoms with E-state index in [1.54, 1.807) is 19.2 Å². The molecule has 0 saturated carbocycles. The van der Waals surface area contributed by atoms with Gasteiger partial charge in [0.25, 0.3) is 0 Å². The number of benzene rings is 1. The van der Waals surface area contributed by atoms with Gasteiger partial charge in [-0.2, -0.15) is 0 Å². The van der Waals surface area contributed by atoms with Crippen LogP contribution in [0.3, 0.4) is 0 Å². The van der Waals surface area contributed by atoms with Crippen LogP contribution < -0.4 is 5.32 Å². The Bertz CT molecular complexity index is 336. The number of rotatable bonds is 6. The van der Waals surface area contributed by atoms with E-state index in [1.807, 2.05) is 0 Å². The van der Waals surface area contributed by atoms with Crippen LogP contribution >= 0.6 is 0 Å². The molecule has 1 atom stereocenters. The van der Waals surface area contributed by atoms with Crippen LogP contribution in [-0.2, 0) is 9.53 Å². The first kappa shape index (κ1) is 12.5. The van der Waals surface area contributed by atoms with E-state index in [-0.39, 0.29) is 5.75 Å². The minimum absolute atomic E-state index is 0.116. The number of aliphatic carboxylic acids is 1. The van der Waals surface area contributed by atoms with Gasteiger partial charge >= 0.3 is 5.97 Å². The average molecular weight is 225 g/mol. The third kappa shape index (κ3) is 3.52. The summed E-state index contributed by atoms with van der Waals surface area (Å²) in [6, 6.07) is 5.30. The average Bonchev–Trinajstić information content (AvgIpc) is 2.26. The van der Waals surface area contributed by atoms with Crippen LogP contribution in [0.1, 0.15) is 11.6 Å². The number of aromatic hydroxyl groups is 1. The van der Waals surface area contributed by atoms with E-state index in [9.17, 15) is 4.79 Å². The first-order valence-electron chi connectivity index (χ1n) is 4.89. The first-order chi connectivity index (χ1) is 7.65. The Morgan fingerprint density at radius 1 is 1.44 bits per heavy atom. The SMILES string of the molecule is COCCNC(C(=O)O)c1ccc(O)cc1. The number of carboxylic acid groups (broad SMARTS) is 1. The van der Waals surface area contributed by atoms with Gasteiger partial charge in [-0.15, -0.1) is 0 Å². The Labute approximate surface area is 93.7 Å². The molecule has 0 saturated heterocycles. The number of methoxy groups -OCH3 is 1. The van der Waals surface area contributed by atoms with Crippen LogP contribution in [-0.4, -0.2) is 36.4 Å². The highest BCUT2D eigenvalue weighted by molar-refractivity contribution is 5.75. The van der Waals surface area contributed by atoms with Crippen molar-refractivity contribution in [3.8, 4) is 5.75 Å². The lowest BCUT2D eigenvalue weighted by atomic mass is 10.1. The third-order valence-corrected chi connectivity index (χ3v) is 2.13. The zero-order valence-electron chi connectivity index (χ0n) is 9.01. The minimum Gasteiger partial charge on any atom is -0.508 e. The zero-order chi connectivity index (χ0) is 12.0. The van der Waals surface area contributed by atoms with Gasteiger partial charge in [-0.3, -0.25) is 10.1 Å². The predicted octanol–water partition coefficient (Wildman–Crippen LogP) is 0.754.